The molecule has 5 rings (SSSR count). The summed E-state index contributed by atoms with van der Waals surface area (Å²) in [4.78, 5) is 25.7. The van der Waals surface area contributed by atoms with Gasteiger partial charge >= 0.3 is 0 Å². The summed E-state index contributed by atoms with van der Waals surface area (Å²) in [7, 11) is 5.65. The molecule has 2 aromatic carbocycles. The van der Waals surface area contributed by atoms with Gasteiger partial charge in [-0.2, -0.15) is 0 Å². The molecule has 0 aliphatic carbocycles. The molecular weight excluding hydrogens is 458 g/mol. The summed E-state index contributed by atoms with van der Waals surface area (Å²) in [5, 5.41) is 0.679. The number of rotatable bonds is 6. The number of benzene rings is 2. The van der Waals surface area contributed by atoms with Gasteiger partial charge in [0.2, 0.25) is 5.95 Å². The normalized spacial score (nSPS) is 11.5. The highest BCUT2D eigenvalue weighted by Crippen LogP contribution is 2.32. The zero-order valence-electron chi connectivity index (χ0n) is 18.4. The lowest BCUT2D eigenvalue weighted by atomic mass is 10.2. The highest BCUT2D eigenvalue weighted by atomic mass is 35.5. The van der Waals surface area contributed by atoms with Crippen molar-refractivity contribution in [2.24, 2.45) is 7.05 Å². The van der Waals surface area contributed by atoms with E-state index in [2.05, 4.69) is 4.98 Å². The van der Waals surface area contributed by atoms with Gasteiger partial charge < -0.3 is 14.2 Å². The number of imidazole rings is 1. The van der Waals surface area contributed by atoms with Crippen molar-refractivity contribution < 1.29 is 4.74 Å². The maximum atomic E-state index is 13.3. The zero-order chi connectivity index (χ0) is 23.1. The number of anilines is 1. The van der Waals surface area contributed by atoms with Crippen molar-refractivity contribution in [1.82, 2.24) is 19.1 Å². The Bertz CT molecular complexity index is 1520. The Morgan fingerprint density at radius 3 is 2.67 bits per heavy atom. The van der Waals surface area contributed by atoms with E-state index in [1.165, 1.54) is 11.3 Å². The molecule has 0 unspecified atom stereocenters. The number of aryl methyl sites for hydroxylation is 1. The number of nitrogens with zero attached hydrogens (tertiary/aromatic N) is 5. The molecule has 0 radical (unpaired) electrons. The van der Waals surface area contributed by atoms with E-state index < -0.39 is 0 Å². The molecule has 168 valence electrons. The summed E-state index contributed by atoms with van der Waals surface area (Å²) in [6.07, 6.45) is 1.58. The van der Waals surface area contributed by atoms with Crippen molar-refractivity contribution in [3.05, 3.63) is 70.2 Å². The molecule has 3 aromatic heterocycles. The fourth-order valence-corrected chi connectivity index (χ4v) is 5.02. The number of methoxy groups -OCH3 is 1. The second kappa shape index (κ2) is 8.62. The molecule has 7 nitrogen and oxygen atoms in total. The van der Waals surface area contributed by atoms with Crippen LogP contribution in [0.15, 0.2) is 59.7 Å². The lowest BCUT2D eigenvalue weighted by Crippen LogP contribution is -2.24. The average molecular weight is 480 g/mol. The Kier molecular flexibility index (Phi) is 5.65. The van der Waals surface area contributed by atoms with Crippen molar-refractivity contribution in [3.63, 3.8) is 0 Å². The van der Waals surface area contributed by atoms with Crippen LogP contribution in [0.5, 0.6) is 0 Å². The Labute approximate surface area is 199 Å². The van der Waals surface area contributed by atoms with Gasteiger partial charge in [-0.3, -0.25) is 9.36 Å². The number of thiophene rings is 1. The van der Waals surface area contributed by atoms with Crippen molar-refractivity contribution in [2.75, 3.05) is 32.2 Å². The van der Waals surface area contributed by atoms with Crippen LogP contribution >= 0.6 is 22.9 Å². The Morgan fingerprint density at radius 2 is 1.91 bits per heavy atom. The van der Waals surface area contributed by atoms with Crippen molar-refractivity contribution in [1.29, 1.82) is 0 Å². The largest absolute Gasteiger partial charge is 0.383 e. The van der Waals surface area contributed by atoms with Crippen molar-refractivity contribution >= 4 is 50.1 Å². The predicted octanol–water partition coefficient (Wildman–Crippen LogP) is 4.74. The van der Waals surface area contributed by atoms with Crippen LogP contribution in [0, 0.1) is 0 Å². The highest BCUT2D eigenvalue weighted by molar-refractivity contribution is 7.22. The number of hydrogen-bond donors (Lipinski definition) is 0. The fraction of sp³-hybridized carbons (Fsp3) is 0.208. The lowest BCUT2D eigenvalue weighted by molar-refractivity contribution is 0.206. The van der Waals surface area contributed by atoms with Crippen LogP contribution in [-0.2, 0) is 11.8 Å². The first-order chi connectivity index (χ1) is 16.0. The van der Waals surface area contributed by atoms with Crippen molar-refractivity contribution in [3.8, 4) is 16.1 Å². The third-order valence-electron chi connectivity index (χ3n) is 5.66. The number of likely N-dealkylation sites (N-methyl/N-ethyl adjacent to an activating group) is 1. The van der Waals surface area contributed by atoms with Crippen LogP contribution in [0.3, 0.4) is 0 Å². The lowest BCUT2D eigenvalue weighted by Gasteiger charge is -2.17. The summed E-state index contributed by atoms with van der Waals surface area (Å²) in [5.74, 6) is 0.839. The number of hydrogen-bond acceptors (Lipinski definition) is 6. The topological polar surface area (TPSA) is 65.2 Å². The standard InChI is InChI=1S/C24H22ClN5O2S/c1-28(10-11-32-3)24-27-18-12-17(8-9-20(18)29(24)2)30-14-26-19-13-21(33-22(19)23(30)31)15-4-6-16(25)7-5-15/h4-9,12-14H,10-11H2,1-3H3. The van der Waals surface area contributed by atoms with Gasteiger partial charge in [-0.05, 0) is 42.0 Å². The minimum atomic E-state index is -0.0991. The van der Waals surface area contributed by atoms with Crippen LogP contribution in [0.25, 0.3) is 37.4 Å². The maximum absolute atomic E-state index is 13.3. The number of ether oxygens (including phenoxy) is 1. The second-order valence-corrected chi connectivity index (χ2v) is 9.30. The first-order valence-corrected chi connectivity index (χ1v) is 11.6. The molecule has 5 aromatic rings. The summed E-state index contributed by atoms with van der Waals surface area (Å²) >= 11 is 7.44. The summed E-state index contributed by atoms with van der Waals surface area (Å²) in [5.41, 5.74) is 4.13. The molecular formula is C24H22ClN5O2S. The van der Waals surface area contributed by atoms with Crippen LogP contribution < -0.4 is 10.5 Å². The minimum Gasteiger partial charge on any atom is -0.383 e. The Morgan fingerprint density at radius 1 is 1.12 bits per heavy atom. The van der Waals surface area contributed by atoms with Gasteiger partial charge in [0, 0.05) is 37.6 Å². The molecule has 3 heterocycles. The molecule has 0 bridgehead atoms. The van der Waals surface area contributed by atoms with Crippen LogP contribution in [-0.4, -0.2) is 46.4 Å². The molecule has 0 aliphatic heterocycles. The molecule has 0 amide bonds. The molecule has 0 atom stereocenters. The van der Waals surface area contributed by atoms with E-state index in [1.807, 2.05) is 72.1 Å². The zero-order valence-corrected chi connectivity index (χ0v) is 20.0. The monoisotopic (exact) mass is 479 g/mol. The fourth-order valence-electron chi connectivity index (χ4n) is 3.85. The first-order valence-electron chi connectivity index (χ1n) is 10.4. The van der Waals surface area contributed by atoms with E-state index in [4.69, 9.17) is 21.3 Å². The first kappa shape index (κ1) is 21.6. The van der Waals surface area contributed by atoms with E-state index in [0.717, 1.165) is 39.7 Å². The molecule has 0 fully saturated rings. The van der Waals surface area contributed by atoms with Gasteiger partial charge in [0.1, 0.15) is 11.0 Å². The third-order valence-corrected chi connectivity index (χ3v) is 7.07. The molecule has 0 N–H and O–H groups in total. The van der Waals surface area contributed by atoms with Gasteiger partial charge in [-0.1, -0.05) is 23.7 Å². The Hall–Kier alpha value is -3.20. The van der Waals surface area contributed by atoms with E-state index in [1.54, 1.807) is 18.0 Å². The predicted molar refractivity (Wildman–Crippen MR) is 135 cm³/mol. The van der Waals surface area contributed by atoms with Gasteiger partial charge in [-0.25, -0.2) is 9.97 Å². The number of aromatic nitrogens is 4. The van der Waals surface area contributed by atoms with Gasteiger partial charge in [0.05, 0.1) is 28.8 Å². The molecule has 9 heteroatoms. The molecule has 33 heavy (non-hydrogen) atoms. The van der Waals surface area contributed by atoms with Crippen LogP contribution in [0.1, 0.15) is 0 Å². The quantitative estimate of drug-likeness (QED) is 0.352. The van der Waals surface area contributed by atoms with E-state index in [-0.39, 0.29) is 5.56 Å². The van der Waals surface area contributed by atoms with E-state index in [0.29, 0.717) is 21.8 Å². The summed E-state index contributed by atoms with van der Waals surface area (Å²) in [6, 6.07) is 15.3. The SMILES string of the molecule is COCCN(C)c1nc2cc(-n3cnc4cc(-c5ccc(Cl)cc5)sc4c3=O)ccc2n1C. The number of halogens is 1. The smallest absolute Gasteiger partial charge is 0.275 e. The average Bonchev–Trinajstić information content (AvgIpc) is 3.40. The second-order valence-electron chi connectivity index (χ2n) is 7.81. The van der Waals surface area contributed by atoms with Crippen molar-refractivity contribution in [2.45, 2.75) is 0 Å². The van der Waals surface area contributed by atoms with E-state index >= 15 is 0 Å². The van der Waals surface area contributed by atoms with Crippen LogP contribution in [0.2, 0.25) is 5.02 Å². The third kappa shape index (κ3) is 3.90. The molecule has 0 saturated heterocycles. The van der Waals surface area contributed by atoms with Crippen LogP contribution in [0.4, 0.5) is 5.95 Å². The summed E-state index contributed by atoms with van der Waals surface area (Å²) < 4.78 is 9.41. The minimum absolute atomic E-state index is 0.0991. The summed E-state index contributed by atoms with van der Waals surface area (Å²) in [6.45, 7) is 1.35. The van der Waals surface area contributed by atoms with Gasteiger partial charge in [0.15, 0.2) is 0 Å². The van der Waals surface area contributed by atoms with Gasteiger partial charge in [0.25, 0.3) is 5.56 Å². The molecule has 0 spiro atoms. The molecule has 0 aliphatic rings. The number of fused-ring (bicyclic) bond motifs is 2. The van der Waals surface area contributed by atoms with E-state index in [9.17, 15) is 4.79 Å². The highest BCUT2D eigenvalue weighted by Gasteiger charge is 2.15. The Balaban J connectivity index is 1.55. The maximum Gasteiger partial charge on any atom is 0.275 e. The molecule has 0 saturated carbocycles. The van der Waals surface area contributed by atoms with Gasteiger partial charge in [-0.15, -0.1) is 11.3 Å².